The molecule has 33 heavy (non-hydrogen) atoms. The third-order valence-corrected chi connectivity index (χ3v) is 7.14. The highest BCUT2D eigenvalue weighted by Gasteiger charge is 2.30. The van der Waals surface area contributed by atoms with Gasteiger partial charge in [-0.05, 0) is 49.6 Å². The molecule has 0 aromatic heterocycles. The molecular weight excluding hydrogens is 464 g/mol. The Kier molecular flexibility index (Phi) is 8.52. The molecule has 176 valence electrons. The van der Waals surface area contributed by atoms with Crippen molar-refractivity contribution >= 4 is 33.3 Å². The van der Waals surface area contributed by atoms with Gasteiger partial charge < -0.3 is 15.0 Å². The van der Waals surface area contributed by atoms with Gasteiger partial charge in [0, 0.05) is 30.1 Å². The molecule has 2 aromatic carbocycles. The van der Waals surface area contributed by atoms with Crippen LogP contribution in [0.5, 0.6) is 5.75 Å². The van der Waals surface area contributed by atoms with Crippen molar-refractivity contribution in [3.05, 3.63) is 70.6 Å². The van der Waals surface area contributed by atoms with E-state index in [4.69, 9.17) is 16.3 Å². The van der Waals surface area contributed by atoms with Gasteiger partial charge in [-0.25, -0.2) is 8.42 Å². The summed E-state index contributed by atoms with van der Waals surface area (Å²) in [5.74, 6) is -0.260. The summed E-state index contributed by atoms with van der Waals surface area (Å²) in [6.45, 7) is 1.17. The molecule has 1 aliphatic rings. The van der Waals surface area contributed by atoms with Crippen molar-refractivity contribution in [3.63, 3.8) is 0 Å². The Morgan fingerprint density at radius 3 is 2.70 bits per heavy atom. The maximum Gasteiger partial charge on any atom is 0.257 e. The summed E-state index contributed by atoms with van der Waals surface area (Å²) in [5, 5.41) is 4.44. The van der Waals surface area contributed by atoms with Gasteiger partial charge in [-0.15, -0.1) is 0 Å². The normalized spacial score (nSPS) is 16.5. The second-order valence-corrected chi connectivity index (χ2v) is 10.0. The van der Waals surface area contributed by atoms with Crippen LogP contribution in [0.3, 0.4) is 0 Å². The number of sulfone groups is 1. The van der Waals surface area contributed by atoms with E-state index < -0.39 is 9.84 Å². The molecule has 2 aromatic rings. The topological polar surface area (TPSA) is 92.8 Å². The summed E-state index contributed by atoms with van der Waals surface area (Å²) in [4.78, 5) is 27.5. The summed E-state index contributed by atoms with van der Waals surface area (Å²) < 4.78 is 29.7. The smallest absolute Gasteiger partial charge is 0.257 e. The van der Waals surface area contributed by atoms with Crippen LogP contribution in [0.25, 0.3) is 0 Å². The van der Waals surface area contributed by atoms with Gasteiger partial charge in [0.1, 0.15) is 5.75 Å². The van der Waals surface area contributed by atoms with Crippen LogP contribution in [0, 0.1) is 5.92 Å². The lowest BCUT2D eigenvalue weighted by molar-refractivity contribution is -0.126. The van der Waals surface area contributed by atoms with E-state index in [1.165, 1.54) is 25.3 Å². The quantitative estimate of drug-likeness (QED) is 0.569. The van der Waals surface area contributed by atoms with Crippen LogP contribution in [0.15, 0.2) is 64.9 Å². The van der Waals surface area contributed by atoms with Crippen LogP contribution < -0.4 is 10.1 Å². The summed E-state index contributed by atoms with van der Waals surface area (Å²) in [6, 6.07) is 13.0. The number of benzene rings is 2. The number of nitrogens with zero attached hydrogens (tertiary/aromatic N) is 1. The Balaban J connectivity index is 1.52. The minimum atomic E-state index is -3.49. The number of carbonyl (C=O) groups excluding carboxylic acids is 2. The predicted octanol–water partition coefficient (Wildman–Crippen LogP) is 3.69. The van der Waals surface area contributed by atoms with Gasteiger partial charge in [0.25, 0.3) is 5.91 Å². The van der Waals surface area contributed by atoms with Crippen molar-refractivity contribution in [1.29, 1.82) is 0 Å². The van der Waals surface area contributed by atoms with E-state index in [-0.39, 0.29) is 22.6 Å². The highest BCUT2D eigenvalue weighted by molar-refractivity contribution is 7.94. The van der Waals surface area contributed by atoms with E-state index >= 15 is 0 Å². The number of carbonyl (C=O) groups is 2. The first-order valence-electron chi connectivity index (χ1n) is 10.7. The monoisotopic (exact) mass is 490 g/mol. The molecule has 1 atom stereocenters. The first kappa shape index (κ1) is 24.8. The van der Waals surface area contributed by atoms with E-state index in [0.717, 1.165) is 5.41 Å². The number of hydrogen-bond donors (Lipinski definition) is 1. The lowest BCUT2D eigenvalue weighted by Crippen LogP contribution is -2.45. The predicted molar refractivity (Wildman–Crippen MR) is 127 cm³/mol. The molecule has 2 amide bonds. The molecule has 1 heterocycles. The maximum absolute atomic E-state index is 13.0. The Bertz CT molecular complexity index is 1120. The molecule has 1 aliphatic heterocycles. The summed E-state index contributed by atoms with van der Waals surface area (Å²) in [6.07, 6.45) is 3.31. The number of ether oxygens (including phenoxy) is 1. The van der Waals surface area contributed by atoms with E-state index in [1.807, 2.05) is 0 Å². The fourth-order valence-corrected chi connectivity index (χ4v) is 4.95. The van der Waals surface area contributed by atoms with Crippen molar-refractivity contribution in [2.45, 2.75) is 24.2 Å². The van der Waals surface area contributed by atoms with Gasteiger partial charge in [0.15, 0.2) is 9.84 Å². The Morgan fingerprint density at radius 2 is 1.97 bits per heavy atom. The van der Waals surface area contributed by atoms with Gasteiger partial charge in [-0.2, -0.15) is 0 Å². The summed E-state index contributed by atoms with van der Waals surface area (Å²) in [7, 11) is -2.00. The van der Waals surface area contributed by atoms with E-state index in [1.54, 1.807) is 41.3 Å². The van der Waals surface area contributed by atoms with Crippen molar-refractivity contribution in [2.24, 2.45) is 5.92 Å². The largest absolute Gasteiger partial charge is 0.496 e. The number of halogens is 1. The van der Waals surface area contributed by atoms with Crippen LogP contribution in [0.2, 0.25) is 5.02 Å². The molecule has 0 spiro atoms. The number of nitrogens with one attached hydrogen (secondary N) is 1. The zero-order valence-electron chi connectivity index (χ0n) is 18.4. The minimum absolute atomic E-state index is 0.148. The Morgan fingerprint density at radius 1 is 1.21 bits per heavy atom. The Hall–Kier alpha value is -2.84. The van der Waals surface area contributed by atoms with Crippen molar-refractivity contribution in [3.8, 4) is 5.75 Å². The molecular formula is C24H27ClN2O5S. The first-order chi connectivity index (χ1) is 15.8. The molecule has 3 rings (SSSR count). The first-order valence-corrected chi connectivity index (χ1v) is 12.6. The standard InChI is InChI=1S/C24H27ClN2O5S/c1-32-22-12-11-19(25)16-21(22)24(29)27-14-7-8-18(17-27)23(28)26-13-5-6-15-33(30,31)20-9-3-2-4-10-20/h2-4,6,9-12,15-16,18H,5,7-8,13-14,17H2,1H3,(H,26,28)/b15-6+. The fourth-order valence-electron chi connectivity index (χ4n) is 3.70. The second-order valence-electron chi connectivity index (χ2n) is 7.74. The van der Waals surface area contributed by atoms with Crippen LogP contribution in [-0.2, 0) is 14.6 Å². The molecule has 7 nitrogen and oxygen atoms in total. The highest BCUT2D eigenvalue weighted by atomic mass is 35.5. The number of amides is 2. The minimum Gasteiger partial charge on any atom is -0.496 e. The SMILES string of the molecule is COc1ccc(Cl)cc1C(=O)N1CCCC(C(=O)NCC/C=C/S(=O)(=O)c2ccccc2)C1. The number of hydrogen-bond acceptors (Lipinski definition) is 5. The number of rotatable bonds is 8. The van der Waals surface area contributed by atoms with Gasteiger partial charge in [0.05, 0.1) is 23.5 Å². The third kappa shape index (κ3) is 6.58. The van der Waals surface area contributed by atoms with E-state index in [0.29, 0.717) is 55.2 Å². The molecule has 1 fully saturated rings. The molecule has 1 saturated heterocycles. The number of likely N-dealkylation sites (tertiary alicyclic amines) is 1. The lowest BCUT2D eigenvalue weighted by Gasteiger charge is -2.32. The number of methoxy groups -OCH3 is 1. The van der Waals surface area contributed by atoms with Crippen LogP contribution in [-0.4, -0.2) is 51.9 Å². The van der Waals surface area contributed by atoms with Gasteiger partial charge >= 0.3 is 0 Å². The fraction of sp³-hybridized carbons (Fsp3) is 0.333. The van der Waals surface area contributed by atoms with Crippen LogP contribution >= 0.6 is 11.6 Å². The number of piperidine rings is 1. The van der Waals surface area contributed by atoms with E-state index in [9.17, 15) is 18.0 Å². The Labute approximate surface area is 199 Å². The van der Waals surface area contributed by atoms with Crippen molar-refractivity contribution in [2.75, 3.05) is 26.7 Å². The van der Waals surface area contributed by atoms with Gasteiger partial charge in [-0.1, -0.05) is 35.9 Å². The third-order valence-electron chi connectivity index (χ3n) is 5.43. The second kappa shape index (κ2) is 11.3. The van der Waals surface area contributed by atoms with Crippen LogP contribution in [0.4, 0.5) is 0 Å². The average Bonchev–Trinajstić information content (AvgIpc) is 2.83. The van der Waals surface area contributed by atoms with Crippen LogP contribution in [0.1, 0.15) is 29.6 Å². The van der Waals surface area contributed by atoms with Gasteiger partial charge in [0.2, 0.25) is 5.91 Å². The molecule has 0 aliphatic carbocycles. The molecule has 1 N–H and O–H groups in total. The molecule has 1 unspecified atom stereocenters. The van der Waals surface area contributed by atoms with Crippen molar-refractivity contribution in [1.82, 2.24) is 10.2 Å². The zero-order chi connectivity index (χ0) is 23.8. The molecule has 9 heteroatoms. The lowest BCUT2D eigenvalue weighted by atomic mass is 9.96. The summed E-state index contributed by atoms with van der Waals surface area (Å²) in [5.41, 5.74) is 0.371. The van der Waals surface area contributed by atoms with Gasteiger partial charge in [-0.3, -0.25) is 9.59 Å². The molecule has 0 bridgehead atoms. The summed E-state index contributed by atoms with van der Waals surface area (Å²) >= 11 is 6.05. The molecule has 0 radical (unpaired) electrons. The van der Waals surface area contributed by atoms with E-state index in [2.05, 4.69) is 5.32 Å². The van der Waals surface area contributed by atoms with Crippen molar-refractivity contribution < 1.29 is 22.7 Å². The maximum atomic E-state index is 13.0. The zero-order valence-corrected chi connectivity index (χ0v) is 19.9. The highest BCUT2D eigenvalue weighted by Crippen LogP contribution is 2.26. The average molecular weight is 491 g/mol. The molecule has 0 saturated carbocycles.